The van der Waals surface area contributed by atoms with Gasteiger partial charge in [0.25, 0.3) is 5.91 Å². The van der Waals surface area contributed by atoms with Crippen molar-refractivity contribution < 1.29 is 35.5 Å². The number of aromatic nitrogens is 8. The first-order valence-corrected chi connectivity index (χ1v) is 9.97. The van der Waals surface area contributed by atoms with E-state index in [9.17, 15) is 35.5 Å². The van der Waals surface area contributed by atoms with Gasteiger partial charge >= 0.3 is 12.4 Å². The summed E-state index contributed by atoms with van der Waals surface area (Å²) in [5.74, 6) is -3.23. The molecule has 0 radical (unpaired) electrons. The van der Waals surface area contributed by atoms with Crippen molar-refractivity contribution in [1.29, 1.82) is 0 Å². The molecule has 0 aliphatic rings. The molecule has 0 atom stereocenters. The molecule has 0 aliphatic heterocycles. The largest absolute Gasteiger partial charge is 0.434 e. The van der Waals surface area contributed by atoms with Gasteiger partial charge in [-0.1, -0.05) is 0 Å². The highest BCUT2D eigenvalue weighted by Crippen LogP contribution is 2.36. The van der Waals surface area contributed by atoms with Crippen LogP contribution >= 0.6 is 0 Å². The molecule has 0 aliphatic carbocycles. The first-order valence-electron chi connectivity index (χ1n) is 9.97. The molecule has 1 N–H and O–H groups in total. The highest BCUT2D eigenvalue weighted by atomic mass is 19.4. The highest BCUT2D eigenvalue weighted by Gasteiger charge is 2.41. The van der Waals surface area contributed by atoms with E-state index in [0.29, 0.717) is 21.7 Å². The van der Waals surface area contributed by atoms with E-state index in [4.69, 9.17) is 0 Å². The molecule has 17 heteroatoms. The Labute approximate surface area is 200 Å². The molecule has 0 fully saturated rings. The van der Waals surface area contributed by atoms with E-state index < -0.39 is 52.4 Å². The van der Waals surface area contributed by atoms with Gasteiger partial charge in [-0.2, -0.15) is 41.6 Å². The number of carbonyl (C=O) groups excluding carboxylic acids is 1. The predicted molar refractivity (Wildman–Crippen MR) is 109 cm³/mol. The lowest BCUT2D eigenvalue weighted by Crippen LogP contribution is -2.22. The van der Waals surface area contributed by atoms with Crippen molar-refractivity contribution in [2.45, 2.75) is 12.4 Å². The van der Waals surface area contributed by atoms with E-state index in [1.807, 2.05) is 5.32 Å². The Kier molecular flexibility index (Phi) is 5.41. The quantitative estimate of drug-likeness (QED) is 0.357. The van der Waals surface area contributed by atoms with E-state index in [0.717, 1.165) is 41.3 Å². The van der Waals surface area contributed by atoms with Crippen LogP contribution in [0.15, 0.2) is 55.4 Å². The summed E-state index contributed by atoms with van der Waals surface area (Å²) < 4.78 is 98.3. The molecule has 0 bridgehead atoms. The van der Waals surface area contributed by atoms with Gasteiger partial charge in [0.05, 0.1) is 36.0 Å². The fraction of sp³-hybridized carbons (Fsp3) is 0.100. The standard InChI is InChI=1S/C20H10F7N9O/c21-13-1-2-14(34-6-5-28-17(13)34)35-15(20(25,26)27)11(9-32-35)18(37)33-10-7-12(19(22,23)24)16(29-8-10)36-30-3-4-31-36/h1-9H,(H,33,37). The molecular weight excluding hydrogens is 515 g/mol. The lowest BCUT2D eigenvalue weighted by Gasteiger charge is -2.15. The Bertz CT molecular complexity index is 1620. The van der Waals surface area contributed by atoms with Gasteiger partial charge in [0.1, 0.15) is 11.4 Å². The molecule has 5 aromatic heterocycles. The van der Waals surface area contributed by atoms with Gasteiger partial charge in [-0.3, -0.25) is 9.20 Å². The van der Waals surface area contributed by atoms with Crippen LogP contribution in [-0.2, 0) is 12.4 Å². The van der Waals surface area contributed by atoms with E-state index in [-0.39, 0.29) is 11.5 Å². The SMILES string of the molecule is O=C(Nc1cnc(-n2nccn2)c(C(F)(F)F)c1)c1cnn(-c2ccc(F)c3nccn23)c1C(F)(F)F. The second-order valence-corrected chi connectivity index (χ2v) is 7.34. The number of nitrogens with one attached hydrogen (secondary N) is 1. The first-order chi connectivity index (χ1) is 17.4. The number of pyridine rings is 2. The summed E-state index contributed by atoms with van der Waals surface area (Å²) in [7, 11) is 0. The maximum Gasteiger partial charge on any atom is 0.434 e. The zero-order chi connectivity index (χ0) is 26.5. The second kappa shape index (κ2) is 8.38. The molecule has 10 nitrogen and oxygen atoms in total. The number of rotatable bonds is 4. The normalized spacial score (nSPS) is 12.3. The smallest absolute Gasteiger partial charge is 0.320 e. The van der Waals surface area contributed by atoms with Crippen LogP contribution in [0.25, 0.3) is 17.3 Å². The Balaban J connectivity index is 1.56. The minimum atomic E-state index is -5.14. The summed E-state index contributed by atoms with van der Waals surface area (Å²) in [4.78, 5) is 20.7. The number of carbonyl (C=O) groups is 1. The molecule has 5 rings (SSSR count). The van der Waals surface area contributed by atoms with Crippen LogP contribution in [0.5, 0.6) is 0 Å². The number of anilines is 1. The number of halogens is 7. The Morgan fingerprint density at radius 1 is 0.892 bits per heavy atom. The Morgan fingerprint density at radius 2 is 1.62 bits per heavy atom. The molecule has 5 heterocycles. The fourth-order valence-corrected chi connectivity index (χ4v) is 3.52. The summed E-state index contributed by atoms with van der Waals surface area (Å²) in [6, 6.07) is 2.35. The summed E-state index contributed by atoms with van der Waals surface area (Å²) in [5.41, 5.74) is -4.73. The zero-order valence-corrected chi connectivity index (χ0v) is 17.8. The average Bonchev–Trinajstić information content (AvgIpc) is 3.58. The topological polar surface area (TPSA) is 108 Å². The van der Waals surface area contributed by atoms with E-state index in [2.05, 4.69) is 25.3 Å². The van der Waals surface area contributed by atoms with Gasteiger partial charge in [0.2, 0.25) is 0 Å². The summed E-state index contributed by atoms with van der Waals surface area (Å²) >= 11 is 0. The monoisotopic (exact) mass is 525 g/mol. The van der Waals surface area contributed by atoms with Crippen LogP contribution in [-0.4, -0.2) is 45.1 Å². The van der Waals surface area contributed by atoms with E-state index in [1.165, 1.54) is 6.20 Å². The first kappa shape index (κ1) is 23.9. The minimum Gasteiger partial charge on any atom is -0.320 e. The van der Waals surface area contributed by atoms with Gasteiger partial charge in [0.15, 0.2) is 23.0 Å². The van der Waals surface area contributed by atoms with Crippen molar-refractivity contribution in [3.8, 4) is 11.6 Å². The summed E-state index contributed by atoms with van der Waals surface area (Å²) in [6.45, 7) is 0. The van der Waals surface area contributed by atoms with Gasteiger partial charge in [-0.25, -0.2) is 19.0 Å². The van der Waals surface area contributed by atoms with Crippen molar-refractivity contribution in [3.05, 3.63) is 78.0 Å². The van der Waals surface area contributed by atoms with Crippen molar-refractivity contribution in [3.63, 3.8) is 0 Å². The predicted octanol–water partition coefficient (Wildman–Crippen LogP) is 3.92. The van der Waals surface area contributed by atoms with Gasteiger partial charge < -0.3 is 5.32 Å². The number of amides is 1. The maximum absolute atomic E-state index is 14.0. The third-order valence-corrected chi connectivity index (χ3v) is 5.02. The third kappa shape index (κ3) is 4.23. The molecule has 0 spiro atoms. The molecule has 1 amide bonds. The van der Waals surface area contributed by atoms with Crippen LogP contribution in [0.1, 0.15) is 21.6 Å². The lowest BCUT2D eigenvalue weighted by molar-refractivity contribution is -0.143. The molecule has 37 heavy (non-hydrogen) atoms. The average molecular weight is 525 g/mol. The lowest BCUT2D eigenvalue weighted by atomic mass is 10.2. The molecule has 0 saturated heterocycles. The zero-order valence-electron chi connectivity index (χ0n) is 17.8. The van der Waals surface area contributed by atoms with Crippen LogP contribution in [0.2, 0.25) is 0 Å². The van der Waals surface area contributed by atoms with E-state index >= 15 is 0 Å². The highest BCUT2D eigenvalue weighted by molar-refractivity contribution is 6.05. The molecule has 5 aromatic rings. The maximum atomic E-state index is 14.0. The van der Waals surface area contributed by atoms with Crippen molar-refractivity contribution in [2.75, 3.05) is 5.32 Å². The number of alkyl halides is 6. The van der Waals surface area contributed by atoms with Crippen LogP contribution in [0.4, 0.5) is 36.4 Å². The number of imidazole rings is 1. The number of hydrogen-bond acceptors (Lipinski definition) is 6. The van der Waals surface area contributed by atoms with Gasteiger partial charge in [-0.15, -0.1) is 4.80 Å². The van der Waals surface area contributed by atoms with Gasteiger partial charge in [-0.05, 0) is 18.2 Å². The van der Waals surface area contributed by atoms with Crippen molar-refractivity contribution >= 4 is 17.2 Å². The Hall–Kier alpha value is -4.83. The summed E-state index contributed by atoms with van der Waals surface area (Å²) in [5, 5.41) is 12.8. The summed E-state index contributed by atoms with van der Waals surface area (Å²) in [6.07, 6.45) is -4.13. The van der Waals surface area contributed by atoms with Crippen LogP contribution in [0, 0.1) is 5.82 Å². The molecule has 0 saturated carbocycles. The molecule has 0 unspecified atom stereocenters. The second-order valence-electron chi connectivity index (χ2n) is 7.34. The number of nitrogens with zero attached hydrogens (tertiary/aromatic N) is 8. The fourth-order valence-electron chi connectivity index (χ4n) is 3.52. The molecular formula is C20H10F7N9O. The minimum absolute atomic E-state index is 0.287. The van der Waals surface area contributed by atoms with Gasteiger partial charge in [0, 0.05) is 12.4 Å². The van der Waals surface area contributed by atoms with Crippen molar-refractivity contribution in [2.24, 2.45) is 0 Å². The Morgan fingerprint density at radius 3 is 2.30 bits per heavy atom. The molecule has 190 valence electrons. The number of hydrogen-bond donors (Lipinski definition) is 1. The third-order valence-electron chi connectivity index (χ3n) is 5.02. The van der Waals surface area contributed by atoms with Crippen molar-refractivity contribution in [1.82, 2.24) is 39.1 Å². The van der Waals surface area contributed by atoms with Crippen LogP contribution in [0.3, 0.4) is 0 Å². The van der Waals surface area contributed by atoms with E-state index in [1.54, 1.807) is 0 Å². The number of fused-ring (bicyclic) bond motifs is 1. The molecule has 0 aromatic carbocycles. The van der Waals surface area contributed by atoms with Crippen LogP contribution < -0.4 is 5.32 Å².